The Labute approximate surface area is 102 Å². The minimum absolute atomic E-state index is 0.266. The van der Waals surface area contributed by atoms with Gasteiger partial charge < -0.3 is 10.0 Å². The van der Waals surface area contributed by atoms with Crippen LogP contribution in [0.25, 0.3) is 0 Å². The number of nitrogens with zero attached hydrogens (tertiary/aromatic N) is 1. The van der Waals surface area contributed by atoms with Gasteiger partial charge in [-0.15, -0.1) is 0 Å². The van der Waals surface area contributed by atoms with E-state index in [-0.39, 0.29) is 11.2 Å². The van der Waals surface area contributed by atoms with Crippen LogP contribution >= 0.6 is 0 Å². The maximum absolute atomic E-state index is 13.8. The number of rotatable bonds is 2. The zero-order valence-corrected chi connectivity index (χ0v) is 10.7. The first-order valence-electron chi connectivity index (χ1n) is 6.12. The molecule has 2 rings (SSSR count). The Bertz CT molecular complexity index is 415. The Hall–Kier alpha value is -1.09. The zero-order valence-electron chi connectivity index (χ0n) is 10.7. The topological polar surface area (TPSA) is 23.5 Å². The van der Waals surface area contributed by atoms with E-state index in [2.05, 4.69) is 18.7 Å². The summed E-state index contributed by atoms with van der Waals surface area (Å²) in [7, 11) is 0. The highest BCUT2D eigenvalue weighted by atomic mass is 19.1. The fraction of sp³-hybridized carbons (Fsp3) is 0.571. The van der Waals surface area contributed by atoms with Crippen LogP contribution in [-0.4, -0.2) is 18.2 Å². The highest BCUT2D eigenvalue weighted by molar-refractivity contribution is 5.56. The molecule has 1 atom stereocenters. The zero-order chi connectivity index (χ0) is 12.6. The van der Waals surface area contributed by atoms with Crippen LogP contribution < -0.4 is 4.90 Å². The van der Waals surface area contributed by atoms with Gasteiger partial charge in [0, 0.05) is 24.3 Å². The highest BCUT2D eigenvalue weighted by Crippen LogP contribution is 2.36. The summed E-state index contributed by atoms with van der Waals surface area (Å²) in [5.74, 6) is -0.317. The second-order valence-corrected chi connectivity index (χ2v) is 5.68. The SMILES string of the molecule is CC(O)c1c(F)cccc1N1CCC(C)(C)C1. The molecule has 0 aromatic heterocycles. The van der Waals surface area contributed by atoms with Crippen molar-refractivity contribution in [3.63, 3.8) is 0 Å². The van der Waals surface area contributed by atoms with Crippen LogP contribution in [0.5, 0.6) is 0 Å². The highest BCUT2D eigenvalue weighted by Gasteiger charge is 2.31. The van der Waals surface area contributed by atoms with Gasteiger partial charge >= 0.3 is 0 Å². The number of hydrogen-bond donors (Lipinski definition) is 1. The predicted molar refractivity (Wildman–Crippen MR) is 67.6 cm³/mol. The van der Waals surface area contributed by atoms with Gasteiger partial charge in [-0.3, -0.25) is 0 Å². The lowest BCUT2D eigenvalue weighted by atomic mass is 9.93. The Morgan fingerprint density at radius 1 is 1.41 bits per heavy atom. The van der Waals surface area contributed by atoms with Gasteiger partial charge in [0.05, 0.1) is 6.10 Å². The molecule has 0 amide bonds. The van der Waals surface area contributed by atoms with E-state index >= 15 is 0 Å². The van der Waals surface area contributed by atoms with Crippen molar-refractivity contribution in [2.75, 3.05) is 18.0 Å². The van der Waals surface area contributed by atoms with Crippen molar-refractivity contribution in [3.8, 4) is 0 Å². The second-order valence-electron chi connectivity index (χ2n) is 5.68. The fourth-order valence-electron chi connectivity index (χ4n) is 2.53. The van der Waals surface area contributed by atoms with Crippen LogP contribution in [0.15, 0.2) is 18.2 Å². The Morgan fingerprint density at radius 3 is 2.65 bits per heavy atom. The van der Waals surface area contributed by atoms with Crippen molar-refractivity contribution in [1.29, 1.82) is 0 Å². The van der Waals surface area contributed by atoms with Gasteiger partial charge in [0.1, 0.15) is 5.82 Å². The van der Waals surface area contributed by atoms with Crippen molar-refractivity contribution in [2.24, 2.45) is 5.41 Å². The summed E-state index contributed by atoms with van der Waals surface area (Å²) in [5.41, 5.74) is 1.53. The van der Waals surface area contributed by atoms with E-state index in [0.29, 0.717) is 5.56 Å². The van der Waals surface area contributed by atoms with Crippen molar-refractivity contribution in [2.45, 2.75) is 33.3 Å². The van der Waals surface area contributed by atoms with E-state index < -0.39 is 6.10 Å². The molecule has 1 aromatic carbocycles. The third-order valence-electron chi connectivity index (χ3n) is 3.47. The number of halogens is 1. The molecule has 0 bridgehead atoms. The predicted octanol–water partition coefficient (Wildman–Crippen LogP) is 3.12. The minimum Gasteiger partial charge on any atom is -0.389 e. The van der Waals surface area contributed by atoms with E-state index in [4.69, 9.17) is 0 Å². The molecule has 1 aliphatic heterocycles. The maximum atomic E-state index is 13.8. The monoisotopic (exact) mass is 237 g/mol. The van der Waals surface area contributed by atoms with Crippen LogP contribution in [-0.2, 0) is 0 Å². The number of aliphatic hydroxyl groups is 1. The molecular weight excluding hydrogens is 217 g/mol. The minimum atomic E-state index is -0.769. The molecule has 1 unspecified atom stereocenters. The molecule has 94 valence electrons. The van der Waals surface area contributed by atoms with Gasteiger partial charge in [-0.1, -0.05) is 19.9 Å². The molecule has 0 aliphatic carbocycles. The lowest BCUT2D eigenvalue weighted by molar-refractivity contribution is 0.194. The van der Waals surface area contributed by atoms with Crippen LogP contribution in [0.4, 0.5) is 10.1 Å². The molecule has 1 fully saturated rings. The maximum Gasteiger partial charge on any atom is 0.131 e. The summed E-state index contributed by atoms with van der Waals surface area (Å²) in [6, 6.07) is 5.02. The standard InChI is InChI=1S/C14H20FNO/c1-10(17)13-11(15)5-4-6-12(13)16-8-7-14(2,3)9-16/h4-6,10,17H,7-9H2,1-3H3. The van der Waals surface area contributed by atoms with Gasteiger partial charge in [-0.25, -0.2) is 4.39 Å². The number of hydrogen-bond acceptors (Lipinski definition) is 2. The third kappa shape index (κ3) is 2.44. The van der Waals surface area contributed by atoms with Crippen LogP contribution in [0, 0.1) is 11.2 Å². The summed E-state index contributed by atoms with van der Waals surface area (Å²) in [4.78, 5) is 2.17. The molecule has 1 saturated heterocycles. The van der Waals surface area contributed by atoms with E-state index in [0.717, 1.165) is 25.2 Å². The van der Waals surface area contributed by atoms with Gasteiger partial charge in [-0.05, 0) is 30.9 Å². The second kappa shape index (κ2) is 4.30. The fourth-order valence-corrected chi connectivity index (χ4v) is 2.53. The molecule has 1 heterocycles. The quantitative estimate of drug-likeness (QED) is 0.854. The lowest BCUT2D eigenvalue weighted by Crippen LogP contribution is -2.24. The number of aliphatic hydroxyl groups excluding tert-OH is 1. The Kier molecular flexibility index (Phi) is 3.13. The van der Waals surface area contributed by atoms with Crippen molar-refractivity contribution >= 4 is 5.69 Å². The molecule has 2 nitrogen and oxygen atoms in total. The molecule has 17 heavy (non-hydrogen) atoms. The van der Waals surface area contributed by atoms with Crippen molar-refractivity contribution in [3.05, 3.63) is 29.6 Å². The van der Waals surface area contributed by atoms with Gasteiger partial charge in [0.15, 0.2) is 0 Å². The van der Waals surface area contributed by atoms with E-state index in [1.165, 1.54) is 6.07 Å². The van der Waals surface area contributed by atoms with Crippen LogP contribution in [0.1, 0.15) is 38.9 Å². The lowest BCUT2D eigenvalue weighted by Gasteiger charge is -2.25. The average molecular weight is 237 g/mol. The average Bonchev–Trinajstić information content (AvgIpc) is 2.57. The molecular formula is C14H20FNO. The molecule has 0 saturated carbocycles. The number of anilines is 1. The summed E-state index contributed by atoms with van der Waals surface area (Å²) in [6.45, 7) is 7.89. The molecule has 3 heteroatoms. The molecule has 1 aliphatic rings. The van der Waals surface area contributed by atoms with E-state index in [9.17, 15) is 9.50 Å². The largest absolute Gasteiger partial charge is 0.389 e. The van der Waals surface area contributed by atoms with Gasteiger partial charge in [0.25, 0.3) is 0 Å². The van der Waals surface area contributed by atoms with Crippen LogP contribution in [0.2, 0.25) is 0 Å². The molecule has 0 spiro atoms. The summed E-state index contributed by atoms with van der Waals surface area (Å²) in [5, 5.41) is 9.71. The smallest absolute Gasteiger partial charge is 0.131 e. The molecule has 1 aromatic rings. The normalized spacial score (nSPS) is 20.6. The Morgan fingerprint density at radius 2 is 2.12 bits per heavy atom. The van der Waals surface area contributed by atoms with Crippen LogP contribution in [0.3, 0.4) is 0 Å². The first-order valence-corrected chi connectivity index (χ1v) is 6.12. The summed E-state index contributed by atoms with van der Waals surface area (Å²) >= 11 is 0. The summed E-state index contributed by atoms with van der Waals surface area (Å²) in [6.07, 6.45) is 0.331. The van der Waals surface area contributed by atoms with Crippen molar-refractivity contribution < 1.29 is 9.50 Å². The molecule has 0 radical (unpaired) electrons. The van der Waals surface area contributed by atoms with E-state index in [1.807, 2.05) is 6.07 Å². The first-order chi connectivity index (χ1) is 7.91. The molecule has 1 N–H and O–H groups in total. The summed E-state index contributed by atoms with van der Waals surface area (Å²) < 4.78 is 13.8. The van der Waals surface area contributed by atoms with Crippen molar-refractivity contribution in [1.82, 2.24) is 0 Å². The van der Waals surface area contributed by atoms with Gasteiger partial charge in [-0.2, -0.15) is 0 Å². The third-order valence-corrected chi connectivity index (χ3v) is 3.47. The Balaban J connectivity index is 2.36. The van der Waals surface area contributed by atoms with E-state index in [1.54, 1.807) is 13.0 Å². The number of benzene rings is 1. The van der Waals surface area contributed by atoms with Gasteiger partial charge in [0.2, 0.25) is 0 Å². The first kappa shape index (κ1) is 12.4.